The quantitative estimate of drug-likeness (QED) is 0.884. The zero-order chi connectivity index (χ0) is 13.0. The van der Waals surface area contributed by atoms with Crippen molar-refractivity contribution in [3.8, 4) is 11.5 Å². The van der Waals surface area contributed by atoms with Gasteiger partial charge >= 0.3 is 0 Å². The van der Waals surface area contributed by atoms with Crippen molar-refractivity contribution in [2.24, 2.45) is 11.7 Å². The van der Waals surface area contributed by atoms with Crippen LogP contribution >= 0.6 is 28.3 Å². The van der Waals surface area contributed by atoms with Gasteiger partial charge in [0.05, 0.1) is 14.2 Å². The SMILES string of the molecule is CCC(C)[C@@H](N)c1cc(OC)c(OC)cc1Br.Cl. The molecule has 5 heteroatoms. The summed E-state index contributed by atoms with van der Waals surface area (Å²) in [6.45, 7) is 4.28. The lowest BCUT2D eigenvalue weighted by molar-refractivity contribution is 0.352. The molecule has 0 fully saturated rings. The van der Waals surface area contributed by atoms with Crippen LogP contribution in [0.2, 0.25) is 0 Å². The topological polar surface area (TPSA) is 44.5 Å². The van der Waals surface area contributed by atoms with Gasteiger partial charge < -0.3 is 15.2 Å². The minimum atomic E-state index is -0.00539. The monoisotopic (exact) mass is 337 g/mol. The van der Waals surface area contributed by atoms with Crippen molar-refractivity contribution in [2.75, 3.05) is 14.2 Å². The summed E-state index contributed by atoms with van der Waals surface area (Å²) < 4.78 is 11.5. The Morgan fingerprint density at radius 2 is 1.72 bits per heavy atom. The average Bonchev–Trinajstić information content (AvgIpc) is 2.36. The Bertz CT molecular complexity index is 387. The van der Waals surface area contributed by atoms with E-state index in [-0.39, 0.29) is 18.4 Å². The maximum Gasteiger partial charge on any atom is 0.161 e. The molecule has 2 N–H and O–H groups in total. The molecule has 0 bridgehead atoms. The minimum Gasteiger partial charge on any atom is -0.493 e. The van der Waals surface area contributed by atoms with Gasteiger partial charge in [-0.3, -0.25) is 0 Å². The van der Waals surface area contributed by atoms with Gasteiger partial charge in [0.15, 0.2) is 11.5 Å². The van der Waals surface area contributed by atoms with Gasteiger partial charge in [-0.05, 0) is 23.6 Å². The Morgan fingerprint density at radius 3 is 2.17 bits per heavy atom. The first kappa shape index (κ1) is 17.6. The number of halogens is 2. The number of rotatable bonds is 5. The third kappa shape index (κ3) is 3.77. The second-order valence-corrected chi connectivity index (χ2v) is 4.99. The Morgan fingerprint density at radius 1 is 1.22 bits per heavy atom. The standard InChI is InChI=1S/C13H20BrNO2.ClH/c1-5-8(2)13(15)9-6-11(16-3)12(17-4)7-10(9)14;/h6-8,13H,5,15H2,1-4H3;1H/t8?,13-;/m1./s1. The van der Waals surface area contributed by atoms with Crippen LogP contribution in [0.1, 0.15) is 31.9 Å². The number of hydrogen-bond acceptors (Lipinski definition) is 3. The van der Waals surface area contributed by atoms with Crippen molar-refractivity contribution in [3.63, 3.8) is 0 Å². The van der Waals surface area contributed by atoms with Crippen LogP contribution in [0.15, 0.2) is 16.6 Å². The van der Waals surface area contributed by atoms with Crippen molar-refractivity contribution < 1.29 is 9.47 Å². The van der Waals surface area contributed by atoms with E-state index in [4.69, 9.17) is 15.2 Å². The third-order valence-corrected chi connectivity index (χ3v) is 3.81. The zero-order valence-corrected chi connectivity index (χ0v) is 13.6. The molecule has 0 saturated carbocycles. The normalized spacial score (nSPS) is 13.4. The summed E-state index contributed by atoms with van der Waals surface area (Å²) >= 11 is 3.53. The lowest BCUT2D eigenvalue weighted by atomic mass is 9.93. The van der Waals surface area contributed by atoms with Crippen LogP contribution in [0.3, 0.4) is 0 Å². The molecule has 2 atom stereocenters. The molecular weight excluding hydrogens is 318 g/mol. The first-order valence-electron chi connectivity index (χ1n) is 5.72. The Balaban J connectivity index is 0.00000289. The van der Waals surface area contributed by atoms with Crippen molar-refractivity contribution >= 4 is 28.3 Å². The van der Waals surface area contributed by atoms with Gasteiger partial charge in [0.25, 0.3) is 0 Å². The summed E-state index contributed by atoms with van der Waals surface area (Å²) in [7, 11) is 3.25. The van der Waals surface area contributed by atoms with E-state index in [1.165, 1.54) is 0 Å². The first-order chi connectivity index (χ1) is 8.04. The molecule has 0 spiro atoms. The van der Waals surface area contributed by atoms with Crippen molar-refractivity contribution in [1.29, 1.82) is 0 Å². The third-order valence-electron chi connectivity index (χ3n) is 3.12. The molecule has 104 valence electrons. The van der Waals surface area contributed by atoms with Gasteiger partial charge in [0.1, 0.15) is 0 Å². The Hall–Kier alpha value is -0.450. The molecule has 0 aliphatic heterocycles. The van der Waals surface area contributed by atoms with E-state index in [1.54, 1.807) is 14.2 Å². The lowest BCUT2D eigenvalue weighted by Crippen LogP contribution is -2.19. The Kier molecular flexibility index (Phi) is 7.67. The van der Waals surface area contributed by atoms with E-state index in [0.29, 0.717) is 17.4 Å². The van der Waals surface area contributed by atoms with E-state index in [9.17, 15) is 0 Å². The molecule has 3 nitrogen and oxygen atoms in total. The van der Waals surface area contributed by atoms with Gasteiger partial charge in [-0.2, -0.15) is 0 Å². The average molecular weight is 339 g/mol. The van der Waals surface area contributed by atoms with Crippen LogP contribution in [-0.2, 0) is 0 Å². The molecule has 0 aromatic heterocycles. The molecule has 1 unspecified atom stereocenters. The maximum atomic E-state index is 6.24. The van der Waals surface area contributed by atoms with Crippen LogP contribution < -0.4 is 15.2 Å². The Labute approximate surface area is 124 Å². The smallest absolute Gasteiger partial charge is 0.161 e. The predicted molar refractivity (Wildman–Crippen MR) is 80.9 cm³/mol. The number of hydrogen-bond donors (Lipinski definition) is 1. The molecule has 0 aliphatic rings. The molecule has 1 aromatic carbocycles. The molecule has 1 rings (SSSR count). The predicted octanol–water partition coefficient (Wildman–Crippen LogP) is 3.93. The summed E-state index contributed by atoms with van der Waals surface area (Å²) in [4.78, 5) is 0. The fourth-order valence-electron chi connectivity index (χ4n) is 1.69. The number of methoxy groups -OCH3 is 2. The molecule has 1 aromatic rings. The summed E-state index contributed by atoms with van der Waals surface area (Å²) in [5.74, 6) is 1.84. The molecule has 0 heterocycles. The number of nitrogens with two attached hydrogens (primary N) is 1. The van der Waals surface area contributed by atoms with Crippen LogP contribution in [0.5, 0.6) is 11.5 Å². The van der Waals surface area contributed by atoms with E-state index < -0.39 is 0 Å². The molecule has 18 heavy (non-hydrogen) atoms. The summed E-state index contributed by atoms with van der Waals surface area (Å²) in [6.07, 6.45) is 1.04. The highest BCUT2D eigenvalue weighted by Gasteiger charge is 2.18. The first-order valence-corrected chi connectivity index (χ1v) is 6.51. The van der Waals surface area contributed by atoms with Crippen LogP contribution in [0, 0.1) is 5.92 Å². The van der Waals surface area contributed by atoms with Gasteiger partial charge in [0.2, 0.25) is 0 Å². The van der Waals surface area contributed by atoms with Gasteiger partial charge in [0, 0.05) is 10.5 Å². The number of benzene rings is 1. The van der Waals surface area contributed by atoms with E-state index >= 15 is 0 Å². The summed E-state index contributed by atoms with van der Waals surface area (Å²) in [5, 5.41) is 0. The van der Waals surface area contributed by atoms with Crippen molar-refractivity contribution in [2.45, 2.75) is 26.3 Å². The second kappa shape index (κ2) is 7.87. The van der Waals surface area contributed by atoms with E-state index in [2.05, 4.69) is 29.8 Å². The van der Waals surface area contributed by atoms with Crippen LogP contribution in [0.25, 0.3) is 0 Å². The zero-order valence-electron chi connectivity index (χ0n) is 11.2. The van der Waals surface area contributed by atoms with Gasteiger partial charge in [-0.25, -0.2) is 0 Å². The molecule has 0 amide bonds. The van der Waals surface area contributed by atoms with Gasteiger partial charge in [-0.1, -0.05) is 36.2 Å². The number of ether oxygens (including phenoxy) is 2. The highest BCUT2D eigenvalue weighted by atomic mass is 79.9. The fourth-order valence-corrected chi connectivity index (χ4v) is 2.27. The fraction of sp³-hybridized carbons (Fsp3) is 0.538. The highest BCUT2D eigenvalue weighted by Crippen LogP contribution is 2.37. The van der Waals surface area contributed by atoms with Crippen LogP contribution in [-0.4, -0.2) is 14.2 Å². The summed E-state index contributed by atoms with van der Waals surface area (Å²) in [6, 6.07) is 3.84. The van der Waals surface area contributed by atoms with Crippen molar-refractivity contribution in [3.05, 3.63) is 22.2 Å². The largest absolute Gasteiger partial charge is 0.493 e. The van der Waals surface area contributed by atoms with E-state index in [1.807, 2.05) is 12.1 Å². The van der Waals surface area contributed by atoms with Crippen LogP contribution in [0.4, 0.5) is 0 Å². The minimum absolute atomic E-state index is 0. The molecule has 0 saturated heterocycles. The second-order valence-electron chi connectivity index (χ2n) is 4.14. The molecule has 0 aliphatic carbocycles. The molecular formula is C13H21BrClNO2. The lowest BCUT2D eigenvalue weighted by Gasteiger charge is -2.21. The van der Waals surface area contributed by atoms with Crippen molar-refractivity contribution in [1.82, 2.24) is 0 Å². The maximum absolute atomic E-state index is 6.24. The molecule has 0 radical (unpaired) electrons. The van der Waals surface area contributed by atoms with Gasteiger partial charge in [-0.15, -0.1) is 12.4 Å². The highest BCUT2D eigenvalue weighted by molar-refractivity contribution is 9.10. The van der Waals surface area contributed by atoms with E-state index in [0.717, 1.165) is 16.5 Å². The summed E-state index contributed by atoms with van der Waals surface area (Å²) in [5.41, 5.74) is 7.29.